The summed E-state index contributed by atoms with van der Waals surface area (Å²) in [5.41, 5.74) is 5.58. The van der Waals surface area contributed by atoms with Crippen LogP contribution in [0.25, 0.3) is 0 Å². The van der Waals surface area contributed by atoms with Gasteiger partial charge in [-0.1, -0.05) is 11.3 Å². The number of aromatic nitrogens is 2. The number of hydrogen-bond donors (Lipinski definition) is 2. The molecule has 1 aromatic rings. The molecule has 1 aromatic heterocycles. The number of hydrogen-bond acceptors (Lipinski definition) is 5. The van der Waals surface area contributed by atoms with Gasteiger partial charge in [-0.05, 0) is 56.3 Å². The van der Waals surface area contributed by atoms with Gasteiger partial charge >= 0.3 is 0 Å². The molecular weight excluding hydrogens is 260 g/mol. The average molecular weight is 278 g/mol. The van der Waals surface area contributed by atoms with Gasteiger partial charge in [0.25, 0.3) is 5.91 Å². The average Bonchev–Trinajstić information content (AvgIpc) is 2.73. The summed E-state index contributed by atoms with van der Waals surface area (Å²) in [5, 5.41) is 11.6. The van der Waals surface area contributed by atoms with Gasteiger partial charge in [0.15, 0.2) is 0 Å². The van der Waals surface area contributed by atoms with E-state index in [1.165, 1.54) is 30.6 Å². The Morgan fingerprint density at radius 3 is 2.21 bits per heavy atom. The highest BCUT2D eigenvalue weighted by molar-refractivity contribution is 7.16. The van der Waals surface area contributed by atoms with Gasteiger partial charge in [0.2, 0.25) is 10.1 Å². The number of carbonyl (C=O) groups excluding carboxylic acids is 1. The molecule has 0 aliphatic heterocycles. The van der Waals surface area contributed by atoms with Crippen LogP contribution in [0.15, 0.2) is 0 Å². The molecule has 4 saturated carbocycles. The van der Waals surface area contributed by atoms with Gasteiger partial charge in [0, 0.05) is 5.54 Å². The molecule has 4 fully saturated rings. The maximum atomic E-state index is 12.3. The van der Waals surface area contributed by atoms with E-state index in [2.05, 4.69) is 15.5 Å². The second-order valence-electron chi connectivity index (χ2n) is 6.60. The van der Waals surface area contributed by atoms with E-state index < -0.39 is 0 Å². The molecule has 102 valence electrons. The Balaban J connectivity index is 1.54. The first-order valence-corrected chi connectivity index (χ1v) is 7.85. The minimum atomic E-state index is -0.0869. The van der Waals surface area contributed by atoms with E-state index in [0.717, 1.165) is 37.0 Å². The van der Waals surface area contributed by atoms with Gasteiger partial charge in [0.05, 0.1) is 0 Å². The number of amides is 1. The molecule has 19 heavy (non-hydrogen) atoms. The Labute approximate surface area is 116 Å². The fourth-order valence-electron chi connectivity index (χ4n) is 4.88. The number of nitrogens with zero attached hydrogens (tertiary/aromatic N) is 2. The van der Waals surface area contributed by atoms with Crippen LogP contribution in [0.1, 0.15) is 48.3 Å². The van der Waals surface area contributed by atoms with Gasteiger partial charge in [-0.25, -0.2) is 0 Å². The summed E-state index contributed by atoms with van der Waals surface area (Å²) in [6.07, 6.45) is 7.58. The SMILES string of the molecule is Nc1nnc(C(=O)NC23CC4CC(CC(C4)C2)C3)s1. The first-order chi connectivity index (χ1) is 9.12. The van der Waals surface area contributed by atoms with E-state index in [4.69, 9.17) is 5.73 Å². The van der Waals surface area contributed by atoms with Crippen molar-refractivity contribution in [1.29, 1.82) is 0 Å². The van der Waals surface area contributed by atoms with Crippen molar-refractivity contribution in [2.45, 2.75) is 44.1 Å². The minimum absolute atomic E-state index is 0.0340. The fraction of sp³-hybridized carbons (Fsp3) is 0.769. The van der Waals surface area contributed by atoms with E-state index >= 15 is 0 Å². The van der Waals surface area contributed by atoms with Crippen LogP contribution in [0.2, 0.25) is 0 Å². The molecule has 0 radical (unpaired) electrons. The molecule has 3 N–H and O–H groups in total. The largest absolute Gasteiger partial charge is 0.374 e. The number of nitrogens with one attached hydrogen (secondary N) is 1. The molecule has 1 heterocycles. The second-order valence-corrected chi connectivity index (χ2v) is 7.61. The number of anilines is 1. The van der Waals surface area contributed by atoms with Crippen LogP contribution >= 0.6 is 11.3 Å². The van der Waals surface area contributed by atoms with E-state index in [1.807, 2.05) is 0 Å². The van der Waals surface area contributed by atoms with Crippen LogP contribution in [-0.4, -0.2) is 21.6 Å². The lowest BCUT2D eigenvalue weighted by molar-refractivity contribution is -0.0167. The maximum Gasteiger partial charge on any atom is 0.282 e. The Kier molecular flexibility index (Phi) is 2.40. The number of nitrogen functional groups attached to an aromatic ring is 1. The van der Waals surface area contributed by atoms with Crippen LogP contribution in [-0.2, 0) is 0 Å². The molecule has 0 saturated heterocycles. The molecule has 5 nitrogen and oxygen atoms in total. The molecule has 5 rings (SSSR count). The van der Waals surface area contributed by atoms with Crippen molar-refractivity contribution in [3.05, 3.63) is 5.01 Å². The van der Waals surface area contributed by atoms with E-state index in [-0.39, 0.29) is 11.4 Å². The third-order valence-corrected chi connectivity index (χ3v) is 5.80. The molecule has 4 aliphatic carbocycles. The predicted octanol–water partition coefficient (Wildman–Crippen LogP) is 1.82. The van der Waals surface area contributed by atoms with Crippen molar-refractivity contribution in [3.8, 4) is 0 Å². The number of rotatable bonds is 2. The summed E-state index contributed by atoms with van der Waals surface area (Å²) >= 11 is 1.17. The van der Waals surface area contributed by atoms with Crippen molar-refractivity contribution < 1.29 is 4.79 Å². The van der Waals surface area contributed by atoms with E-state index in [9.17, 15) is 4.79 Å². The van der Waals surface area contributed by atoms with Crippen LogP contribution in [0.5, 0.6) is 0 Å². The van der Waals surface area contributed by atoms with Gasteiger partial charge in [-0.3, -0.25) is 4.79 Å². The predicted molar refractivity (Wildman–Crippen MR) is 72.7 cm³/mol. The minimum Gasteiger partial charge on any atom is -0.374 e. The van der Waals surface area contributed by atoms with Gasteiger partial charge < -0.3 is 11.1 Å². The van der Waals surface area contributed by atoms with Crippen LogP contribution in [0.4, 0.5) is 5.13 Å². The van der Waals surface area contributed by atoms with Crippen molar-refractivity contribution in [2.75, 3.05) is 5.73 Å². The van der Waals surface area contributed by atoms with Crippen molar-refractivity contribution in [2.24, 2.45) is 17.8 Å². The zero-order valence-corrected chi connectivity index (χ0v) is 11.6. The summed E-state index contributed by atoms with van der Waals surface area (Å²) in [6, 6.07) is 0. The lowest BCUT2D eigenvalue weighted by Crippen LogP contribution is -2.59. The molecule has 4 bridgehead atoms. The third-order valence-electron chi connectivity index (χ3n) is 5.05. The molecule has 4 aliphatic rings. The van der Waals surface area contributed by atoms with Crippen LogP contribution < -0.4 is 11.1 Å². The number of carbonyl (C=O) groups is 1. The first kappa shape index (κ1) is 11.6. The van der Waals surface area contributed by atoms with E-state index in [1.54, 1.807) is 0 Å². The molecule has 0 aromatic carbocycles. The molecule has 1 amide bonds. The molecule has 0 unspecified atom stereocenters. The Morgan fingerprint density at radius 2 is 1.74 bits per heavy atom. The van der Waals surface area contributed by atoms with Gasteiger partial charge in [-0.15, -0.1) is 10.2 Å². The summed E-state index contributed by atoms with van der Waals surface area (Å²) < 4.78 is 0. The highest BCUT2D eigenvalue weighted by Crippen LogP contribution is 2.55. The third kappa shape index (κ3) is 1.93. The molecular formula is C13H18N4OS. The Hall–Kier alpha value is -1.17. The van der Waals surface area contributed by atoms with Crippen molar-refractivity contribution in [1.82, 2.24) is 15.5 Å². The van der Waals surface area contributed by atoms with Crippen LogP contribution in [0, 0.1) is 17.8 Å². The summed E-state index contributed by atoms with van der Waals surface area (Å²) in [7, 11) is 0. The maximum absolute atomic E-state index is 12.3. The molecule has 6 heteroatoms. The van der Waals surface area contributed by atoms with Crippen molar-refractivity contribution >= 4 is 22.4 Å². The highest BCUT2D eigenvalue weighted by Gasteiger charge is 2.51. The monoisotopic (exact) mass is 278 g/mol. The normalized spacial score (nSPS) is 39.5. The summed E-state index contributed by atoms with van der Waals surface area (Å²) in [6.45, 7) is 0. The quantitative estimate of drug-likeness (QED) is 0.864. The Bertz CT molecular complexity index is 491. The van der Waals surface area contributed by atoms with Gasteiger partial charge in [0.1, 0.15) is 0 Å². The van der Waals surface area contributed by atoms with E-state index in [0.29, 0.717) is 10.1 Å². The standard InChI is InChI=1S/C13H18N4OS/c14-12-17-16-11(19-12)10(18)15-13-4-7-1-8(5-13)3-9(2-7)6-13/h7-9H,1-6H2,(H2,14,17)(H,15,18). The molecule has 0 spiro atoms. The highest BCUT2D eigenvalue weighted by atomic mass is 32.1. The smallest absolute Gasteiger partial charge is 0.282 e. The lowest BCUT2D eigenvalue weighted by atomic mass is 9.53. The van der Waals surface area contributed by atoms with Crippen LogP contribution in [0.3, 0.4) is 0 Å². The first-order valence-electron chi connectivity index (χ1n) is 7.03. The second kappa shape index (κ2) is 3.91. The summed E-state index contributed by atoms with van der Waals surface area (Å²) in [4.78, 5) is 12.3. The zero-order valence-electron chi connectivity index (χ0n) is 10.8. The summed E-state index contributed by atoms with van der Waals surface area (Å²) in [5.74, 6) is 2.39. The topological polar surface area (TPSA) is 80.9 Å². The Morgan fingerprint density at radius 1 is 1.16 bits per heavy atom. The molecule has 0 atom stereocenters. The number of nitrogens with two attached hydrogens (primary N) is 1. The fourth-order valence-corrected chi connectivity index (χ4v) is 5.39. The lowest BCUT2D eigenvalue weighted by Gasteiger charge is -2.56. The van der Waals surface area contributed by atoms with Crippen molar-refractivity contribution in [3.63, 3.8) is 0 Å². The van der Waals surface area contributed by atoms with Gasteiger partial charge in [-0.2, -0.15) is 0 Å². The zero-order chi connectivity index (χ0) is 13.0.